The Bertz CT molecular complexity index is 523. The molecule has 0 aliphatic carbocycles. The molecule has 1 unspecified atom stereocenters. The highest BCUT2D eigenvalue weighted by Gasteiger charge is 2.21. The summed E-state index contributed by atoms with van der Waals surface area (Å²) in [4.78, 5) is 2.36. The highest BCUT2D eigenvalue weighted by molar-refractivity contribution is 9.10. The summed E-state index contributed by atoms with van der Waals surface area (Å²) in [5.41, 5.74) is 1.01. The fourth-order valence-corrected chi connectivity index (χ4v) is 3.45. The van der Waals surface area contributed by atoms with Gasteiger partial charge in [-0.3, -0.25) is 4.90 Å². The van der Waals surface area contributed by atoms with Crippen LogP contribution in [0.2, 0.25) is 0 Å². The average Bonchev–Trinajstić information content (AvgIpc) is 2.51. The third kappa shape index (κ3) is 6.02. The predicted octanol–water partition coefficient (Wildman–Crippen LogP) is 4.05. The molecule has 1 heterocycles. The van der Waals surface area contributed by atoms with E-state index < -0.39 is 6.61 Å². The van der Waals surface area contributed by atoms with E-state index in [1.54, 1.807) is 6.07 Å². The van der Waals surface area contributed by atoms with Crippen LogP contribution < -0.4 is 14.8 Å². The van der Waals surface area contributed by atoms with Gasteiger partial charge in [-0.2, -0.15) is 8.78 Å². The Kier molecular flexibility index (Phi) is 9.26. The number of likely N-dealkylation sites (tertiary alicyclic amines) is 1. The van der Waals surface area contributed by atoms with Crippen LogP contribution >= 0.6 is 28.3 Å². The predicted molar refractivity (Wildman–Crippen MR) is 96.5 cm³/mol. The zero-order valence-electron chi connectivity index (χ0n) is 13.9. The summed E-state index contributed by atoms with van der Waals surface area (Å²) in [6.07, 6.45) is 2.33. The number of piperidine rings is 1. The zero-order chi connectivity index (χ0) is 16.8. The number of hydrogen-bond donors (Lipinski definition) is 1. The molecule has 4 nitrogen and oxygen atoms in total. The van der Waals surface area contributed by atoms with Crippen molar-refractivity contribution in [2.45, 2.75) is 39.0 Å². The monoisotopic (exact) mass is 428 g/mol. The quantitative estimate of drug-likeness (QED) is 0.709. The SMILES string of the molecule is CCOc1cc(CN2CCCC(NC)C2)cc(Br)c1OC(F)F.Cl. The molecule has 1 atom stereocenters. The molecule has 1 fully saturated rings. The lowest BCUT2D eigenvalue weighted by Gasteiger charge is -2.32. The molecule has 1 N–H and O–H groups in total. The molecule has 8 heteroatoms. The van der Waals surface area contributed by atoms with Crippen molar-refractivity contribution in [2.24, 2.45) is 0 Å². The van der Waals surface area contributed by atoms with Crippen molar-refractivity contribution in [1.82, 2.24) is 10.2 Å². The van der Waals surface area contributed by atoms with Gasteiger partial charge in [0.25, 0.3) is 0 Å². The van der Waals surface area contributed by atoms with Gasteiger partial charge in [-0.1, -0.05) is 0 Å². The number of hydrogen-bond acceptors (Lipinski definition) is 4. The van der Waals surface area contributed by atoms with Gasteiger partial charge in [-0.05, 0) is 67.0 Å². The second-order valence-corrected chi connectivity index (χ2v) is 6.43. The summed E-state index contributed by atoms with van der Waals surface area (Å²) in [5.74, 6) is 0.400. The summed E-state index contributed by atoms with van der Waals surface area (Å²) in [5, 5.41) is 3.31. The first-order valence-corrected chi connectivity index (χ1v) is 8.62. The van der Waals surface area contributed by atoms with Gasteiger partial charge in [0.1, 0.15) is 0 Å². The van der Waals surface area contributed by atoms with Crippen molar-refractivity contribution >= 4 is 28.3 Å². The Labute approximate surface area is 156 Å². The lowest BCUT2D eigenvalue weighted by atomic mass is 10.0. The third-order valence-electron chi connectivity index (χ3n) is 3.90. The first-order chi connectivity index (χ1) is 11.0. The molecular weight excluding hydrogens is 406 g/mol. The highest BCUT2D eigenvalue weighted by atomic mass is 79.9. The van der Waals surface area contributed by atoms with Crippen LogP contribution in [-0.4, -0.2) is 44.3 Å². The molecule has 0 saturated carbocycles. The van der Waals surface area contributed by atoms with Gasteiger partial charge in [-0.25, -0.2) is 0 Å². The topological polar surface area (TPSA) is 33.7 Å². The smallest absolute Gasteiger partial charge is 0.387 e. The summed E-state index contributed by atoms with van der Waals surface area (Å²) >= 11 is 3.32. The van der Waals surface area contributed by atoms with E-state index in [2.05, 4.69) is 30.9 Å². The first kappa shape index (κ1) is 21.4. The fourth-order valence-electron chi connectivity index (χ4n) is 2.87. The molecule has 0 radical (unpaired) electrons. The molecule has 0 bridgehead atoms. The largest absolute Gasteiger partial charge is 0.490 e. The number of benzene rings is 1. The molecule has 1 aliphatic heterocycles. The summed E-state index contributed by atoms with van der Waals surface area (Å²) in [6.45, 7) is 2.10. The summed E-state index contributed by atoms with van der Waals surface area (Å²) in [6, 6.07) is 4.11. The number of likely N-dealkylation sites (N-methyl/N-ethyl adjacent to an activating group) is 1. The molecule has 2 rings (SSSR count). The van der Waals surface area contributed by atoms with E-state index in [0.29, 0.717) is 22.9 Å². The fraction of sp³-hybridized carbons (Fsp3) is 0.625. The van der Waals surface area contributed by atoms with Gasteiger partial charge < -0.3 is 14.8 Å². The van der Waals surface area contributed by atoms with Crippen LogP contribution in [0, 0.1) is 0 Å². The van der Waals surface area contributed by atoms with E-state index in [1.807, 2.05) is 20.0 Å². The second kappa shape index (κ2) is 10.4. The van der Waals surface area contributed by atoms with Crippen LogP contribution in [0.1, 0.15) is 25.3 Å². The average molecular weight is 430 g/mol. The third-order valence-corrected chi connectivity index (χ3v) is 4.49. The molecule has 24 heavy (non-hydrogen) atoms. The molecule has 1 saturated heterocycles. The number of ether oxygens (including phenoxy) is 2. The lowest BCUT2D eigenvalue weighted by Crippen LogP contribution is -2.43. The standard InChI is InChI=1S/C16H23BrF2N2O2.ClH/c1-3-22-14-8-11(7-13(17)15(14)23-16(18)19)9-21-6-4-5-12(10-21)20-2;/h7-8,12,16,20H,3-6,9-10H2,1-2H3;1H. The van der Waals surface area contributed by atoms with Gasteiger partial charge >= 0.3 is 6.61 Å². The van der Waals surface area contributed by atoms with Crippen molar-refractivity contribution in [3.8, 4) is 11.5 Å². The van der Waals surface area contributed by atoms with Crippen LogP contribution in [-0.2, 0) is 6.54 Å². The first-order valence-electron chi connectivity index (χ1n) is 7.83. The van der Waals surface area contributed by atoms with E-state index in [-0.39, 0.29) is 18.2 Å². The van der Waals surface area contributed by atoms with Gasteiger partial charge in [0.15, 0.2) is 11.5 Å². The lowest BCUT2D eigenvalue weighted by molar-refractivity contribution is -0.0519. The van der Waals surface area contributed by atoms with Crippen molar-refractivity contribution in [3.05, 3.63) is 22.2 Å². The van der Waals surface area contributed by atoms with Crippen LogP contribution in [0.15, 0.2) is 16.6 Å². The molecule has 1 aromatic carbocycles. The normalized spacial score (nSPS) is 18.3. The Balaban J connectivity index is 0.00000288. The Morgan fingerprint density at radius 1 is 1.42 bits per heavy atom. The Morgan fingerprint density at radius 2 is 2.17 bits per heavy atom. The van der Waals surface area contributed by atoms with Crippen molar-refractivity contribution < 1.29 is 18.3 Å². The van der Waals surface area contributed by atoms with Gasteiger partial charge in [0.2, 0.25) is 0 Å². The Hall–Kier alpha value is -0.630. The van der Waals surface area contributed by atoms with Gasteiger partial charge in [0.05, 0.1) is 11.1 Å². The Morgan fingerprint density at radius 3 is 2.79 bits per heavy atom. The van der Waals surface area contributed by atoms with Crippen molar-refractivity contribution in [1.29, 1.82) is 0 Å². The maximum Gasteiger partial charge on any atom is 0.387 e. The van der Waals surface area contributed by atoms with Crippen molar-refractivity contribution in [2.75, 3.05) is 26.7 Å². The minimum absolute atomic E-state index is 0. The molecule has 0 amide bonds. The van der Waals surface area contributed by atoms with Crippen LogP contribution in [0.4, 0.5) is 8.78 Å². The number of nitrogens with one attached hydrogen (secondary N) is 1. The highest BCUT2D eigenvalue weighted by Crippen LogP contribution is 2.38. The van der Waals surface area contributed by atoms with Gasteiger partial charge in [-0.15, -0.1) is 12.4 Å². The number of rotatable bonds is 7. The van der Waals surface area contributed by atoms with E-state index in [1.165, 1.54) is 6.42 Å². The maximum atomic E-state index is 12.6. The van der Waals surface area contributed by atoms with E-state index in [0.717, 1.165) is 31.6 Å². The second-order valence-electron chi connectivity index (χ2n) is 5.58. The molecule has 138 valence electrons. The zero-order valence-corrected chi connectivity index (χ0v) is 16.3. The molecular formula is C16H24BrClF2N2O2. The van der Waals surface area contributed by atoms with Gasteiger partial charge in [0, 0.05) is 19.1 Å². The van der Waals surface area contributed by atoms with E-state index in [9.17, 15) is 8.78 Å². The number of halogens is 4. The minimum atomic E-state index is -2.88. The van der Waals surface area contributed by atoms with E-state index >= 15 is 0 Å². The minimum Gasteiger partial charge on any atom is -0.490 e. The summed E-state index contributed by atoms with van der Waals surface area (Å²) in [7, 11) is 1.98. The van der Waals surface area contributed by atoms with E-state index in [4.69, 9.17) is 4.74 Å². The molecule has 0 aromatic heterocycles. The van der Waals surface area contributed by atoms with Crippen LogP contribution in [0.25, 0.3) is 0 Å². The molecule has 1 aromatic rings. The maximum absolute atomic E-state index is 12.6. The number of nitrogens with zero attached hydrogens (tertiary/aromatic N) is 1. The van der Waals surface area contributed by atoms with Crippen LogP contribution in [0.3, 0.4) is 0 Å². The van der Waals surface area contributed by atoms with Crippen LogP contribution in [0.5, 0.6) is 11.5 Å². The molecule has 1 aliphatic rings. The number of alkyl halides is 2. The van der Waals surface area contributed by atoms with Crippen molar-refractivity contribution in [3.63, 3.8) is 0 Å². The molecule has 0 spiro atoms. The summed E-state index contributed by atoms with van der Waals surface area (Å²) < 4.78 is 35.7.